The molecule has 0 spiro atoms. The number of carboxylic acids is 1. The molecule has 1 fully saturated rings. The molecular formula is C13H15FN2O5. The van der Waals surface area contributed by atoms with Crippen LogP contribution in [-0.4, -0.2) is 33.8 Å². The number of nitrogens with zero attached hydrogens (tertiary/aromatic N) is 1. The standard InChI is InChI=1S/C13H15FN2O5/c14-10-5-12(16(20)21)9(13(18)19)4-11(10)15-6-7-1-2-8(17)3-7/h4-5,7-8,15,17H,1-3,6H2,(H,18,19). The van der Waals surface area contributed by atoms with E-state index in [-0.39, 0.29) is 17.7 Å². The smallest absolute Gasteiger partial charge is 0.342 e. The number of hydrogen-bond donors (Lipinski definition) is 3. The molecule has 8 heteroatoms. The average Bonchev–Trinajstić information content (AvgIpc) is 2.82. The lowest BCUT2D eigenvalue weighted by molar-refractivity contribution is -0.385. The Hall–Kier alpha value is -2.22. The van der Waals surface area contributed by atoms with Crippen molar-refractivity contribution >= 4 is 17.3 Å². The number of carboxylic acid groups (broad SMARTS) is 1. The minimum atomic E-state index is -1.49. The average molecular weight is 298 g/mol. The fourth-order valence-corrected chi connectivity index (χ4v) is 2.51. The van der Waals surface area contributed by atoms with Gasteiger partial charge in [0.15, 0.2) is 5.82 Å². The summed E-state index contributed by atoms with van der Waals surface area (Å²) in [5.74, 6) is -2.19. The van der Waals surface area contributed by atoms with Gasteiger partial charge in [0, 0.05) is 6.54 Å². The van der Waals surface area contributed by atoms with Crippen molar-refractivity contribution in [2.24, 2.45) is 5.92 Å². The fourth-order valence-electron chi connectivity index (χ4n) is 2.51. The Morgan fingerprint density at radius 3 is 2.71 bits per heavy atom. The molecular weight excluding hydrogens is 283 g/mol. The normalized spacial score (nSPS) is 21.2. The van der Waals surface area contributed by atoms with Gasteiger partial charge in [0.25, 0.3) is 5.69 Å². The van der Waals surface area contributed by atoms with E-state index in [1.807, 2.05) is 0 Å². The van der Waals surface area contributed by atoms with E-state index in [2.05, 4.69) is 5.32 Å². The molecule has 0 radical (unpaired) electrons. The van der Waals surface area contributed by atoms with Gasteiger partial charge >= 0.3 is 5.97 Å². The molecule has 0 saturated heterocycles. The van der Waals surface area contributed by atoms with Gasteiger partial charge < -0.3 is 15.5 Å². The lowest BCUT2D eigenvalue weighted by Crippen LogP contribution is -2.14. The molecule has 114 valence electrons. The van der Waals surface area contributed by atoms with Crippen LogP contribution < -0.4 is 5.32 Å². The molecule has 1 aromatic carbocycles. The summed E-state index contributed by atoms with van der Waals surface area (Å²) >= 11 is 0. The summed E-state index contributed by atoms with van der Waals surface area (Å²) in [4.78, 5) is 20.8. The summed E-state index contributed by atoms with van der Waals surface area (Å²) in [5.41, 5.74) is -1.42. The number of aliphatic hydroxyl groups is 1. The minimum Gasteiger partial charge on any atom is -0.477 e. The van der Waals surface area contributed by atoms with Crippen molar-refractivity contribution in [1.82, 2.24) is 0 Å². The number of rotatable bonds is 5. The van der Waals surface area contributed by atoms with Crippen LogP contribution in [0.4, 0.5) is 15.8 Å². The molecule has 0 bridgehead atoms. The highest BCUT2D eigenvalue weighted by Gasteiger charge is 2.25. The van der Waals surface area contributed by atoms with Crippen LogP contribution in [0.15, 0.2) is 12.1 Å². The summed E-state index contributed by atoms with van der Waals surface area (Å²) < 4.78 is 13.8. The molecule has 0 aliphatic heterocycles. The van der Waals surface area contributed by atoms with E-state index >= 15 is 0 Å². The van der Waals surface area contributed by atoms with Gasteiger partial charge in [-0.25, -0.2) is 9.18 Å². The van der Waals surface area contributed by atoms with Crippen molar-refractivity contribution in [2.75, 3.05) is 11.9 Å². The van der Waals surface area contributed by atoms with Crippen LogP contribution in [0.1, 0.15) is 29.6 Å². The molecule has 3 N–H and O–H groups in total. The molecule has 7 nitrogen and oxygen atoms in total. The number of hydrogen-bond acceptors (Lipinski definition) is 5. The first-order valence-corrected chi connectivity index (χ1v) is 6.51. The van der Waals surface area contributed by atoms with E-state index < -0.39 is 28.0 Å². The molecule has 2 rings (SSSR count). The zero-order valence-corrected chi connectivity index (χ0v) is 11.1. The Labute approximate surface area is 119 Å². The quantitative estimate of drug-likeness (QED) is 0.566. The summed E-state index contributed by atoms with van der Waals surface area (Å²) in [6.07, 6.45) is 1.74. The van der Waals surface area contributed by atoms with Gasteiger partial charge in [-0.3, -0.25) is 10.1 Å². The molecule has 21 heavy (non-hydrogen) atoms. The van der Waals surface area contributed by atoms with Crippen LogP contribution in [0.25, 0.3) is 0 Å². The number of anilines is 1. The van der Waals surface area contributed by atoms with Gasteiger partial charge in [-0.15, -0.1) is 0 Å². The van der Waals surface area contributed by atoms with Crippen molar-refractivity contribution < 1.29 is 24.3 Å². The molecule has 1 aromatic rings. The highest BCUT2D eigenvalue weighted by atomic mass is 19.1. The predicted octanol–water partition coefficient (Wildman–Crippen LogP) is 2.00. The maximum atomic E-state index is 13.8. The van der Waals surface area contributed by atoms with Crippen molar-refractivity contribution in [3.05, 3.63) is 33.6 Å². The van der Waals surface area contributed by atoms with Crippen molar-refractivity contribution in [3.63, 3.8) is 0 Å². The molecule has 1 saturated carbocycles. The number of benzene rings is 1. The number of halogens is 1. The largest absolute Gasteiger partial charge is 0.477 e. The van der Waals surface area contributed by atoms with E-state index in [1.54, 1.807) is 0 Å². The molecule has 0 amide bonds. The highest BCUT2D eigenvalue weighted by molar-refractivity contribution is 5.93. The highest BCUT2D eigenvalue weighted by Crippen LogP contribution is 2.29. The van der Waals surface area contributed by atoms with E-state index in [9.17, 15) is 24.4 Å². The third-order valence-electron chi connectivity index (χ3n) is 3.61. The van der Waals surface area contributed by atoms with E-state index in [1.165, 1.54) is 0 Å². The van der Waals surface area contributed by atoms with E-state index in [0.717, 1.165) is 12.5 Å². The number of nitro groups is 1. The first-order chi connectivity index (χ1) is 9.88. The van der Waals surface area contributed by atoms with Gasteiger partial charge in [-0.1, -0.05) is 0 Å². The Morgan fingerprint density at radius 2 is 2.19 bits per heavy atom. The molecule has 2 unspecified atom stereocenters. The second-order valence-electron chi connectivity index (χ2n) is 5.13. The summed E-state index contributed by atoms with van der Waals surface area (Å²) in [5, 5.41) is 31.9. The van der Waals surface area contributed by atoms with Crippen LogP contribution in [0, 0.1) is 21.8 Å². The Bertz CT molecular complexity index is 578. The number of nitro benzene ring substituents is 1. The Morgan fingerprint density at radius 1 is 1.48 bits per heavy atom. The molecule has 2 atom stereocenters. The first-order valence-electron chi connectivity index (χ1n) is 6.51. The first kappa shape index (κ1) is 15.2. The SMILES string of the molecule is O=C(O)c1cc(NCC2CCC(O)C2)c(F)cc1[N+](=O)[O-]. The van der Waals surface area contributed by atoms with Gasteiger partial charge in [-0.2, -0.15) is 0 Å². The van der Waals surface area contributed by atoms with E-state index in [4.69, 9.17) is 5.11 Å². The van der Waals surface area contributed by atoms with Crippen molar-refractivity contribution in [2.45, 2.75) is 25.4 Å². The zero-order chi connectivity index (χ0) is 15.6. The minimum absolute atomic E-state index is 0.0839. The number of aliphatic hydroxyl groups excluding tert-OH is 1. The number of nitrogens with one attached hydrogen (secondary N) is 1. The van der Waals surface area contributed by atoms with Crippen LogP contribution in [0.3, 0.4) is 0 Å². The summed E-state index contributed by atoms with van der Waals surface area (Å²) in [6, 6.07) is 1.54. The van der Waals surface area contributed by atoms with Crippen molar-refractivity contribution in [3.8, 4) is 0 Å². The second kappa shape index (κ2) is 6.04. The fraction of sp³-hybridized carbons (Fsp3) is 0.462. The summed E-state index contributed by atoms with van der Waals surface area (Å²) in [7, 11) is 0. The topological polar surface area (TPSA) is 113 Å². The van der Waals surface area contributed by atoms with Gasteiger partial charge in [-0.05, 0) is 31.2 Å². The molecule has 1 aliphatic carbocycles. The van der Waals surface area contributed by atoms with Crippen LogP contribution >= 0.6 is 0 Å². The predicted molar refractivity (Wildman–Crippen MR) is 71.9 cm³/mol. The van der Waals surface area contributed by atoms with E-state index in [0.29, 0.717) is 25.5 Å². The van der Waals surface area contributed by atoms with Crippen LogP contribution in [0.2, 0.25) is 0 Å². The maximum absolute atomic E-state index is 13.8. The summed E-state index contributed by atoms with van der Waals surface area (Å²) in [6.45, 7) is 0.380. The van der Waals surface area contributed by atoms with Crippen molar-refractivity contribution in [1.29, 1.82) is 0 Å². The van der Waals surface area contributed by atoms with Gasteiger partial charge in [0.05, 0.1) is 22.8 Å². The number of aromatic carboxylic acids is 1. The molecule has 1 aliphatic rings. The molecule has 0 aromatic heterocycles. The molecule has 0 heterocycles. The monoisotopic (exact) mass is 298 g/mol. The number of carbonyl (C=O) groups is 1. The van der Waals surface area contributed by atoms with Crippen LogP contribution in [-0.2, 0) is 0 Å². The third kappa shape index (κ3) is 3.46. The van der Waals surface area contributed by atoms with Gasteiger partial charge in [0.1, 0.15) is 5.56 Å². The Kier molecular flexibility index (Phi) is 4.37. The Balaban J connectivity index is 2.17. The van der Waals surface area contributed by atoms with Crippen LogP contribution in [0.5, 0.6) is 0 Å². The lowest BCUT2D eigenvalue weighted by atomic mass is 10.1. The van der Waals surface area contributed by atoms with Gasteiger partial charge in [0.2, 0.25) is 0 Å². The lowest BCUT2D eigenvalue weighted by Gasteiger charge is -2.13. The second-order valence-corrected chi connectivity index (χ2v) is 5.13. The maximum Gasteiger partial charge on any atom is 0.342 e. The zero-order valence-electron chi connectivity index (χ0n) is 11.1. The third-order valence-corrected chi connectivity index (χ3v) is 3.61.